The van der Waals surface area contributed by atoms with Gasteiger partial charge in [0.25, 0.3) is 10.0 Å². The number of piperidine rings is 1. The Bertz CT molecular complexity index is 502. The molecule has 2 rings (SSSR count). The van der Waals surface area contributed by atoms with Crippen LogP contribution in [0.15, 0.2) is 16.3 Å². The van der Waals surface area contributed by atoms with Crippen molar-refractivity contribution in [3.05, 3.63) is 16.5 Å². The number of alkyl halides is 1. The molecular weight excluding hydrogens is 346 g/mol. The molecule has 0 N–H and O–H groups in total. The summed E-state index contributed by atoms with van der Waals surface area (Å²) in [5, 5.41) is 0. The predicted molar refractivity (Wildman–Crippen MR) is 74.6 cm³/mol. The molecule has 1 aliphatic rings. The first-order valence-electron chi connectivity index (χ1n) is 5.31. The van der Waals surface area contributed by atoms with Crippen molar-refractivity contribution in [2.24, 2.45) is 5.92 Å². The van der Waals surface area contributed by atoms with Gasteiger partial charge in [-0.05, 0) is 24.5 Å². The summed E-state index contributed by atoms with van der Waals surface area (Å²) in [7, 11) is -3.35. The van der Waals surface area contributed by atoms with E-state index in [1.807, 2.05) is 0 Å². The predicted octanol–water partition coefficient (Wildman–Crippen LogP) is 3.20. The Morgan fingerprint density at radius 2 is 2.24 bits per heavy atom. The standard InChI is InChI=1S/C10H13BrClNO2S2/c1-7-6-13(5-4-8(7)11)17(14,15)10-3-2-9(12)16-10/h2-3,7-8H,4-6H2,1H3. The number of hydrogen-bond acceptors (Lipinski definition) is 3. The molecule has 1 saturated heterocycles. The van der Waals surface area contributed by atoms with E-state index in [1.165, 1.54) is 0 Å². The van der Waals surface area contributed by atoms with Gasteiger partial charge in [0.1, 0.15) is 4.21 Å². The van der Waals surface area contributed by atoms with Crippen LogP contribution >= 0.6 is 38.9 Å². The van der Waals surface area contributed by atoms with E-state index in [4.69, 9.17) is 11.6 Å². The van der Waals surface area contributed by atoms with Gasteiger partial charge in [-0.1, -0.05) is 34.5 Å². The third-order valence-corrected chi connectivity index (χ3v) is 7.83. The maximum absolute atomic E-state index is 12.3. The Labute approximate surface area is 119 Å². The molecular formula is C10H13BrClNO2S2. The van der Waals surface area contributed by atoms with E-state index < -0.39 is 10.0 Å². The molecule has 1 fully saturated rings. The molecule has 0 aliphatic carbocycles. The van der Waals surface area contributed by atoms with Crippen LogP contribution in [0.2, 0.25) is 4.34 Å². The molecule has 96 valence electrons. The fourth-order valence-electron chi connectivity index (χ4n) is 1.86. The maximum Gasteiger partial charge on any atom is 0.252 e. The molecule has 2 unspecified atom stereocenters. The third kappa shape index (κ3) is 2.87. The minimum atomic E-state index is -3.35. The summed E-state index contributed by atoms with van der Waals surface area (Å²) in [4.78, 5) is 0.404. The van der Waals surface area contributed by atoms with Crippen LogP contribution in [0.25, 0.3) is 0 Å². The van der Waals surface area contributed by atoms with Gasteiger partial charge in [0.05, 0.1) is 4.34 Å². The molecule has 1 aromatic heterocycles. The van der Waals surface area contributed by atoms with Gasteiger partial charge in [-0.15, -0.1) is 11.3 Å². The summed E-state index contributed by atoms with van der Waals surface area (Å²) in [6.45, 7) is 3.19. The van der Waals surface area contributed by atoms with Crippen molar-refractivity contribution in [2.75, 3.05) is 13.1 Å². The fourth-order valence-corrected chi connectivity index (χ4v) is 5.42. The molecule has 0 aromatic carbocycles. The van der Waals surface area contributed by atoms with E-state index in [2.05, 4.69) is 22.9 Å². The summed E-state index contributed by atoms with van der Waals surface area (Å²) >= 11 is 10.5. The molecule has 2 atom stereocenters. The lowest BCUT2D eigenvalue weighted by atomic mass is 10.0. The van der Waals surface area contributed by atoms with Crippen LogP contribution in [-0.2, 0) is 10.0 Å². The molecule has 1 aliphatic heterocycles. The number of sulfonamides is 1. The zero-order chi connectivity index (χ0) is 12.6. The quantitative estimate of drug-likeness (QED) is 0.761. The van der Waals surface area contributed by atoms with Crippen LogP contribution in [0.4, 0.5) is 0 Å². The van der Waals surface area contributed by atoms with Gasteiger partial charge in [-0.2, -0.15) is 4.31 Å². The molecule has 0 radical (unpaired) electrons. The third-order valence-electron chi connectivity index (χ3n) is 2.91. The number of rotatable bonds is 2. The minimum absolute atomic E-state index is 0.328. The van der Waals surface area contributed by atoms with E-state index in [1.54, 1.807) is 16.4 Å². The summed E-state index contributed by atoms with van der Waals surface area (Å²) in [5.41, 5.74) is 0. The average Bonchev–Trinajstić information content (AvgIpc) is 2.69. The molecule has 0 saturated carbocycles. The highest BCUT2D eigenvalue weighted by Gasteiger charge is 2.33. The molecule has 17 heavy (non-hydrogen) atoms. The monoisotopic (exact) mass is 357 g/mol. The van der Waals surface area contributed by atoms with E-state index in [0.29, 0.717) is 32.4 Å². The Morgan fingerprint density at radius 3 is 2.76 bits per heavy atom. The number of halogens is 2. The van der Waals surface area contributed by atoms with Crippen molar-refractivity contribution in [3.63, 3.8) is 0 Å². The largest absolute Gasteiger partial charge is 0.252 e. The van der Waals surface area contributed by atoms with Gasteiger partial charge in [0.15, 0.2) is 0 Å². The van der Waals surface area contributed by atoms with E-state index in [0.717, 1.165) is 17.8 Å². The lowest BCUT2D eigenvalue weighted by molar-refractivity contribution is 0.292. The topological polar surface area (TPSA) is 37.4 Å². The van der Waals surface area contributed by atoms with Gasteiger partial charge < -0.3 is 0 Å². The summed E-state index contributed by atoms with van der Waals surface area (Å²) in [6, 6.07) is 3.20. The number of hydrogen-bond donors (Lipinski definition) is 0. The Kier molecular flexibility index (Phi) is 4.20. The zero-order valence-electron chi connectivity index (χ0n) is 9.27. The number of nitrogens with zero attached hydrogens (tertiary/aromatic N) is 1. The van der Waals surface area contributed by atoms with Gasteiger partial charge in [0, 0.05) is 17.9 Å². The SMILES string of the molecule is CC1CN(S(=O)(=O)c2ccc(Cl)s2)CCC1Br. The van der Waals surface area contributed by atoms with Crippen molar-refractivity contribution >= 4 is 48.9 Å². The van der Waals surface area contributed by atoms with Crippen LogP contribution in [0, 0.1) is 5.92 Å². The van der Waals surface area contributed by atoms with Crippen LogP contribution in [-0.4, -0.2) is 30.6 Å². The maximum atomic E-state index is 12.3. The molecule has 1 aromatic rings. The molecule has 0 bridgehead atoms. The highest BCUT2D eigenvalue weighted by Crippen LogP contribution is 2.32. The van der Waals surface area contributed by atoms with Crippen molar-refractivity contribution in [3.8, 4) is 0 Å². The van der Waals surface area contributed by atoms with Crippen LogP contribution in [0.1, 0.15) is 13.3 Å². The first kappa shape index (κ1) is 13.8. The highest BCUT2D eigenvalue weighted by atomic mass is 79.9. The van der Waals surface area contributed by atoms with E-state index in [-0.39, 0.29) is 0 Å². The van der Waals surface area contributed by atoms with Crippen molar-refractivity contribution in [1.29, 1.82) is 0 Å². The minimum Gasteiger partial charge on any atom is -0.206 e. The lowest BCUT2D eigenvalue weighted by Gasteiger charge is -2.33. The van der Waals surface area contributed by atoms with Crippen molar-refractivity contribution in [2.45, 2.75) is 22.4 Å². The van der Waals surface area contributed by atoms with Gasteiger partial charge in [0.2, 0.25) is 0 Å². The second-order valence-electron chi connectivity index (χ2n) is 4.20. The molecule has 3 nitrogen and oxygen atoms in total. The second kappa shape index (κ2) is 5.17. The zero-order valence-corrected chi connectivity index (χ0v) is 13.2. The molecule has 7 heteroatoms. The highest BCUT2D eigenvalue weighted by molar-refractivity contribution is 9.09. The van der Waals surface area contributed by atoms with Gasteiger partial charge in [-0.25, -0.2) is 8.42 Å². The molecule has 2 heterocycles. The van der Waals surface area contributed by atoms with Crippen LogP contribution in [0.5, 0.6) is 0 Å². The fraction of sp³-hybridized carbons (Fsp3) is 0.600. The smallest absolute Gasteiger partial charge is 0.206 e. The Hall–Kier alpha value is 0.380. The van der Waals surface area contributed by atoms with Crippen LogP contribution < -0.4 is 0 Å². The summed E-state index contributed by atoms with van der Waals surface area (Å²) in [6.07, 6.45) is 0.847. The summed E-state index contributed by atoms with van der Waals surface area (Å²) in [5.74, 6) is 0.328. The van der Waals surface area contributed by atoms with Gasteiger partial charge in [-0.3, -0.25) is 0 Å². The van der Waals surface area contributed by atoms with E-state index in [9.17, 15) is 8.42 Å². The van der Waals surface area contributed by atoms with Gasteiger partial charge >= 0.3 is 0 Å². The Balaban J connectivity index is 2.22. The van der Waals surface area contributed by atoms with Crippen LogP contribution in [0.3, 0.4) is 0 Å². The summed E-state index contributed by atoms with van der Waals surface area (Å²) < 4.78 is 27.0. The Morgan fingerprint density at radius 1 is 1.53 bits per heavy atom. The lowest BCUT2D eigenvalue weighted by Crippen LogP contribution is -2.42. The normalized spacial score (nSPS) is 27.2. The number of thiophene rings is 1. The average molecular weight is 359 g/mol. The van der Waals surface area contributed by atoms with Crippen molar-refractivity contribution in [1.82, 2.24) is 4.31 Å². The first-order chi connectivity index (χ1) is 7.91. The molecule has 0 amide bonds. The molecule has 0 spiro atoms. The second-order valence-corrected chi connectivity index (χ2v) is 9.26. The van der Waals surface area contributed by atoms with Crippen molar-refractivity contribution < 1.29 is 8.42 Å². The first-order valence-corrected chi connectivity index (χ1v) is 8.86. The van der Waals surface area contributed by atoms with E-state index >= 15 is 0 Å².